The fraction of sp³-hybridized carbons (Fsp3) is 0.300. The summed E-state index contributed by atoms with van der Waals surface area (Å²) < 4.78 is 27.4. The third kappa shape index (κ3) is 3.35. The van der Waals surface area contributed by atoms with Crippen LogP contribution >= 0.6 is 0 Å². The zero-order chi connectivity index (χ0) is 19.8. The third-order valence-electron chi connectivity index (χ3n) is 4.39. The van der Waals surface area contributed by atoms with Gasteiger partial charge >= 0.3 is 0 Å². The normalized spacial score (nSPS) is 12.7. The molecule has 0 aliphatic heterocycles. The van der Waals surface area contributed by atoms with Crippen molar-refractivity contribution in [2.75, 3.05) is 26.0 Å². The smallest absolute Gasteiger partial charge is 0.244 e. The van der Waals surface area contributed by atoms with Gasteiger partial charge in [-0.3, -0.25) is 4.99 Å². The number of benzene rings is 2. The maximum absolute atomic E-state index is 13.0. The van der Waals surface area contributed by atoms with Crippen molar-refractivity contribution in [3.8, 4) is 0 Å². The van der Waals surface area contributed by atoms with Crippen LogP contribution in [0.3, 0.4) is 0 Å². The van der Waals surface area contributed by atoms with Crippen molar-refractivity contribution in [3.05, 3.63) is 59.7 Å². The molecule has 0 N–H and O–H groups in total. The molecule has 0 atom stereocenters. The summed E-state index contributed by atoms with van der Waals surface area (Å²) in [5.41, 5.74) is 3.82. The standard InChI is InChI=1S/C20H24N4O2S/c1-14(2)27(25,26)24-18-13-16(11-12-17(18)22-20(24)23(4)5)19(21-3)15-9-7-6-8-10-15/h6-14H,1-5H3. The molecule has 1 aromatic heterocycles. The van der Waals surface area contributed by atoms with Gasteiger partial charge in [-0.2, -0.15) is 0 Å². The molecule has 0 saturated carbocycles. The number of rotatable bonds is 5. The van der Waals surface area contributed by atoms with Gasteiger partial charge in [-0.15, -0.1) is 0 Å². The van der Waals surface area contributed by atoms with Gasteiger partial charge in [0, 0.05) is 32.3 Å². The van der Waals surface area contributed by atoms with Gasteiger partial charge in [-0.05, 0) is 26.0 Å². The van der Waals surface area contributed by atoms with Crippen molar-refractivity contribution >= 4 is 32.7 Å². The molecule has 27 heavy (non-hydrogen) atoms. The summed E-state index contributed by atoms with van der Waals surface area (Å²) in [5.74, 6) is 0.394. The van der Waals surface area contributed by atoms with Crippen LogP contribution < -0.4 is 4.90 Å². The largest absolute Gasteiger partial charge is 0.348 e. The number of hydrogen-bond acceptors (Lipinski definition) is 5. The minimum Gasteiger partial charge on any atom is -0.348 e. The van der Waals surface area contributed by atoms with E-state index in [1.807, 2.05) is 48.5 Å². The van der Waals surface area contributed by atoms with Gasteiger partial charge in [0.25, 0.3) is 0 Å². The van der Waals surface area contributed by atoms with Crippen LogP contribution in [0.1, 0.15) is 25.0 Å². The average molecular weight is 385 g/mol. The molecular formula is C20H24N4O2S. The number of aliphatic imine (C=N–C) groups is 1. The predicted octanol–water partition coefficient (Wildman–Crippen LogP) is 3.16. The molecule has 0 aliphatic rings. The zero-order valence-corrected chi connectivity index (χ0v) is 17.0. The maximum atomic E-state index is 13.0. The summed E-state index contributed by atoms with van der Waals surface area (Å²) in [6.45, 7) is 3.35. The van der Waals surface area contributed by atoms with Gasteiger partial charge in [0.05, 0.1) is 22.0 Å². The van der Waals surface area contributed by atoms with Crippen LogP contribution in [-0.4, -0.2) is 49.5 Å². The molecule has 1 heterocycles. The molecule has 2 aromatic carbocycles. The molecular weight excluding hydrogens is 360 g/mol. The van der Waals surface area contributed by atoms with E-state index in [9.17, 15) is 8.42 Å². The lowest BCUT2D eigenvalue weighted by molar-refractivity contribution is 0.579. The third-order valence-corrected chi connectivity index (χ3v) is 6.45. The minimum atomic E-state index is -3.58. The Kier molecular flexibility index (Phi) is 5.06. The van der Waals surface area contributed by atoms with Gasteiger partial charge in [-0.25, -0.2) is 17.4 Å². The number of hydrogen-bond donors (Lipinski definition) is 0. The van der Waals surface area contributed by atoms with Crippen LogP contribution in [0, 0.1) is 0 Å². The molecule has 142 valence electrons. The molecule has 0 bridgehead atoms. The van der Waals surface area contributed by atoms with Crippen molar-refractivity contribution in [1.29, 1.82) is 0 Å². The molecule has 0 amide bonds. The van der Waals surface area contributed by atoms with Gasteiger partial charge < -0.3 is 4.90 Å². The van der Waals surface area contributed by atoms with Gasteiger partial charge in [-0.1, -0.05) is 36.4 Å². The summed E-state index contributed by atoms with van der Waals surface area (Å²) in [6, 6.07) is 15.5. The first-order valence-corrected chi connectivity index (χ1v) is 10.2. The van der Waals surface area contributed by atoms with Crippen LogP contribution in [0.2, 0.25) is 0 Å². The van der Waals surface area contributed by atoms with Crippen molar-refractivity contribution in [3.63, 3.8) is 0 Å². The van der Waals surface area contributed by atoms with E-state index in [0.29, 0.717) is 17.0 Å². The molecule has 7 heteroatoms. The minimum absolute atomic E-state index is 0.394. The van der Waals surface area contributed by atoms with E-state index >= 15 is 0 Å². The Labute approximate surface area is 160 Å². The Morgan fingerprint density at radius 1 is 1.07 bits per heavy atom. The highest BCUT2D eigenvalue weighted by Gasteiger charge is 2.27. The highest BCUT2D eigenvalue weighted by atomic mass is 32.2. The van der Waals surface area contributed by atoms with Crippen LogP contribution in [0.5, 0.6) is 0 Å². The lowest BCUT2D eigenvalue weighted by Gasteiger charge is -2.17. The summed E-state index contributed by atoms with van der Waals surface area (Å²) >= 11 is 0. The molecule has 0 radical (unpaired) electrons. The molecule has 3 rings (SSSR count). The molecule has 0 spiro atoms. The van der Waals surface area contributed by atoms with Crippen molar-refractivity contribution in [2.45, 2.75) is 19.1 Å². The maximum Gasteiger partial charge on any atom is 0.244 e. The second-order valence-corrected chi connectivity index (χ2v) is 9.14. The van der Waals surface area contributed by atoms with Crippen molar-refractivity contribution < 1.29 is 8.42 Å². The van der Waals surface area contributed by atoms with E-state index < -0.39 is 15.3 Å². The first-order valence-electron chi connectivity index (χ1n) is 8.74. The lowest BCUT2D eigenvalue weighted by atomic mass is 10.0. The summed E-state index contributed by atoms with van der Waals surface area (Å²) in [7, 11) is 1.74. The lowest BCUT2D eigenvalue weighted by Crippen LogP contribution is -2.26. The van der Waals surface area contributed by atoms with Crippen LogP contribution in [-0.2, 0) is 10.0 Å². The molecule has 3 aromatic rings. The average Bonchev–Trinajstić information content (AvgIpc) is 3.03. The number of anilines is 1. The van der Waals surface area contributed by atoms with E-state index in [1.165, 1.54) is 3.97 Å². The number of nitrogens with zero attached hydrogens (tertiary/aromatic N) is 4. The van der Waals surface area contributed by atoms with Gasteiger partial charge in [0.1, 0.15) is 0 Å². The van der Waals surface area contributed by atoms with E-state index in [1.54, 1.807) is 39.9 Å². The predicted molar refractivity (Wildman–Crippen MR) is 112 cm³/mol. The summed E-state index contributed by atoms with van der Waals surface area (Å²) in [5, 5.41) is -0.564. The number of fused-ring (bicyclic) bond motifs is 1. The SMILES string of the molecule is CN=C(c1ccccc1)c1ccc2nc(N(C)C)n(S(=O)(=O)C(C)C)c2c1. The number of imidazole rings is 1. The van der Waals surface area contributed by atoms with E-state index in [4.69, 9.17) is 0 Å². The second-order valence-electron chi connectivity index (χ2n) is 6.81. The Morgan fingerprint density at radius 3 is 2.30 bits per heavy atom. The first kappa shape index (κ1) is 19.1. The number of aromatic nitrogens is 2. The highest BCUT2D eigenvalue weighted by molar-refractivity contribution is 7.90. The van der Waals surface area contributed by atoms with Crippen LogP contribution in [0.25, 0.3) is 11.0 Å². The Bertz CT molecular complexity index is 1100. The molecule has 0 fully saturated rings. The van der Waals surface area contributed by atoms with E-state index in [0.717, 1.165) is 16.8 Å². The molecule has 6 nitrogen and oxygen atoms in total. The molecule has 0 saturated heterocycles. The zero-order valence-electron chi connectivity index (χ0n) is 16.2. The first-order chi connectivity index (χ1) is 12.8. The quantitative estimate of drug-likeness (QED) is 0.634. The fourth-order valence-electron chi connectivity index (χ4n) is 2.95. The van der Waals surface area contributed by atoms with Crippen molar-refractivity contribution in [1.82, 2.24) is 8.96 Å². The molecule has 0 aliphatic carbocycles. The van der Waals surface area contributed by atoms with Gasteiger partial charge in [0.2, 0.25) is 16.0 Å². The Hall–Kier alpha value is -2.67. The Morgan fingerprint density at radius 2 is 1.74 bits per heavy atom. The monoisotopic (exact) mass is 384 g/mol. The topological polar surface area (TPSA) is 67.6 Å². The van der Waals surface area contributed by atoms with Crippen molar-refractivity contribution in [2.24, 2.45) is 4.99 Å². The highest BCUT2D eigenvalue weighted by Crippen LogP contribution is 2.27. The summed E-state index contributed by atoms with van der Waals surface area (Å²) in [6.07, 6.45) is 0. The van der Waals surface area contributed by atoms with E-state index in [-0.39, 0.29) is 0 Å². The van der Waals surface area contributed by atoms with Crippen LogP contribution in [0.4, 0.5) is 5.95 Å². The van der Waals surface area contributed by atoms with Gasteiger partial charge in [0.15, 0.2) is 0 Å². The van der Waals surface area contributed by atoms with Crippen LogP contribution in [0.15, 0.2) is 53.5 Å². The van der Waals surface area contributed by atoms with E-state index in [2.05, 4.69) is 9.98 Å². The second kappa shape index (κ2) is 7.15. The molecule has 0 unspecified atom stereocenters. The summed E-state index contributed by atoms with van der Waals surface area (Å²) in [4.78, 5) is 10.7. The fourth-order valence-corrected chi connectivity index (χ4v) is 4.23. The Balaban J connectivity index is 2.29.